The van der Waals surface area contributed by atoms with Crippen LogP contribution in [0.3, 0.4) is 0 Å². The third kappa shape index (κ3) is 2.10. The number of nitrogens with zero attached hydrogens (tertiary/aromatic N) is 1. The maximum Gasteiger partial charge on any atom is 0.255 e. The van der Waals surface area contributed by atoms with Crippen molar-refractivity contribution in [1.82, 2.24) is 4.57 Å². The number of pyridine rings is 1. The first-order valence-corrected chi connectivity index (χ1v) is 5.18. The van der Waals surface area contributed by atoms with Crippen LogP contribution in [0.1, 0.15) is 15.9 Å². The molecule has 17 heavy (non-hydrogen) atoms. The van der Waals surface area contributed by atoms with Crippen molar-refractivity contribution in [1.29, 1.82) is 0 Å². The van der Waals surface area contributed by atoms with Crippen molar-refractivity contribution >= 4 is 5.91 Å². The molecule has 0 aliphatic carbocycles. The highest BCUT2D eigenvalue weighted by Gasteiger charge is 2.06. The molecule has 2 N–H and O–H groups in total. The van der Waals surface area contributed by atoms with Gasteiger partial charge in [0.25, 0.3) is 5.56 Å². The van der Waals surface area contributed by atoms with Crippen LogP contribution in [0.4, 0.5) is 0 Å². The van der Waals surface area contributed by atoms with Crippen LogP contribution in [0.2, 0.25) is 0 Å². The Labute approximate surface area is 98.3 Å². The molecular weight excluding hydrogens is 216 g/mol. The number of aryl methyl sites for hydroxylation is 1. The van der Waals surface area contributed by atoms with Gasteiger partial charge in [-0.15, -0.1) is 0 Å². The largest absolute Gasteiger partial charge is 0.366 e. The standard InChI is InChI=1S/C13H12N2O2/c1-9-8-10(5-6-11(9)13(14)17)15-7-3-2-4-12(15)16/h2-8H,1H3,(H2,14,17). The number of amides is 1. The molecule has 0 bridgehead atoms. The minimum atomic E-state index is -0.463. The Hall–Kier alpha value is -2.36. The Kier molecular flexibility index (Phi) is 2.78. The molecule has 1 heterocycles. The third-order valence-electron chi connectivity index (χ3n) is 2.58. The van der Waals surface area contributed by atoms with Gasteiger partial charge in [-0.1, -0.05) is 6.07 Å². The zero-order valence-electron chi connectivity index (χ0n) is 9.38. The number of primary amides is 1. The average Bonchev–Trinajstić information content (AvgIpc) is 2.29. The molecule has 86 valence electrons. The number of aromatic nitrogens is 1. The lowest BCUT2D eigenvalue weighted by Gasteiger charge is -2.08. The van der Waals surface area contributed by atoms with E-state index in [1.54, 1.807) is 43.5 Å². The predicted molar refractivity (Wildman–Crippen MR) is 65.3 cm³/mol. The fourth-order valence-electron chi connectivity index (χ4n) is 1.71. The lowest BCUT2D eigenvalue weighted by molar-refractivity contribution is 0.1000. The van der Waals surface area contributed by atoms with E-state index in [1.807, 2.05) is 0 Å². The SMILES string of the molecule is Cc1cc(-n2ccccc2=O)ccc1C(N)=O. The first-order valence-electron chi connectivity index (χ1n) is 5.18. The second-order valence-electron chi connectivity index (χ2n) is 3.77. The second-order valence-corrected chi connectivity index (χ2v) is 3.77. The quantitative estimate of drug-likeness (QED) is 0.840. The average molecular weight is 228 g/mol. The van der Waals surface area contributed by atoms with Crippen LogP contribution in [0.25, 0.3) is 5.69 Å². The molecule has 2 rings (SSSR count). The fourth-order valence-corrected chi connectivity index (χ4v) is 1.71. The van der Waals surface area contributed by atoms with E-state index in [9.17, 15) is 9.59 Å². The van der Waals surface area contributed by atoms with Gasteiger partial charge in [0.2, 0.25) is 5.91 Å². The van der Waals surface area contributed by atoms with E-state index in [4.69, 9.17) is 5.73 Å². The van der Waals surface area contributed by atoms with Crippen molar-refractivity contribution < 1.29 is 4.79 Å². The van der Waals surface area contributed by atoms with E-state index in [1.165, 1.54) is 10.6 Å². The lowest BCUT2D eigenvalue weighted by Crippen LogP contribution is -2.17. The van der Waals surface area contributed by atoms with Crippen LogP contribution in [0.15, 0.2) is 47.4 Å². The Morgan fingerprint density at radius 3 is 2.59 bits per heavy atom. The van der Waals surface area contributed by atoms with Crippen molar-refractivity contribution in [3.05, 3.63) is 64.1 Å². The minimum Gasteiger partial charge on any atom is -0.366 e. The Balaban J connectivity index is 2.56. The van der Waals surface area contributed by atoms with Crippen LogP contribution in [0.5, 0.6) is 0 Å². The molecule has 1 aromatic carbocycles. The maximum atomic E-state index is 11.6. The smallest absolute Gasteiger partial charge is 0.255 e. The summed E-state index contributed by atoms with van der Waals surface area (Å²) in [6.07, 6.45) is 1.68. The number of carbonyl (C=O) groups is 1. The zero-order chi connectivity index (χ0) is 12.4. The van der Waals surface area contributed by atoms with Gasteiger partial charge in [0.1, 0.15) is 0 Å². The van der Waals surface area contributed by atoms with Crippen LogP contribution in [-0.2, 0) is 0 Å². The van der Waals surface area contributed by atoms with Gasteiger partial charge in [-0.25, -0.2) is 0 Å². The molecule has 0 atom stereocenters. The van der Waals surface area contributed by atoms with Crippen molar-refractivity contribution in [3.8, 4) is 5.69 Å². The van der Waals surface area contributed by atoms with Crippen LogP contribution >= 0.6 is 0 Å². The van der Waals surface area contributed by atoms with E-state index in [2.05, 4.69) is 0 Å². The fraction of sp³-hybridized carbons (Fsp3) is 0.0769. The maximum absolute atomic E-state index is 11.6. The number of rotatable bonds is 2. The zero-order valence-corrected chi connectivity index (χ0v) is 9.38. The van der Waals surface area contributed by atoms with E-state index in [0.29, 0.717) is 5.56 Å². The molecular formula is C13H12N2O2. The lowest BCUT2D eigenvalue weighted by atomic mass is 10.1. The predicted octanol–water partition coefficient (Wildman–Crippen LogP) is 1.24. The normalized spacial score (nSPS) is 10.2. The van der Waals surface area contributed by atoms with Gasteiger partial charge in [-0.3, -0.25) is 14.2 Å². The highest BCUT2D eigenvalue weighted by atomic mass is 16.1. The van der Waals surface area contributed by atoms with Gasteiger partial charge in [-0.2, -0.15) is 0 Å². The molecule has 1 amide bonds. The molecule has 0 saturated heterocycles. The number of hydrogen-bond acceptors (Lipinski definition) is 2. The molecule has 0 aliphatic heterocycles. The van der Waals surface area contributed by atoms with E-state index in [-0.39, 0.29) is 5.56 Å². The topological polar surface area (TPSA) is 65.1 Å². The number of nitrogens with two attached hydrogens (primary N) is 1. The van der Waals surface area contributed by atoms with E-state index < -0.39 is 5.91 Å². The first kappa shape index (κ1) is 11.1. The number of carbonyl (C=O) groups excluding carboxylic acids is 1. The van der Waals surface area contributed by atoms with Crippen LogP contribution in [0, 0.1) is 6.92 Å². The molecule has 0 unspecified atom stereocenters. The van der Waals surface area contributed by atoms with E-state index >= 15 is 0 Å². The van der Waals surface area contributed by atoms with Crippen molar-refractivity contribution in [2.75, 3.05) is 0 Å². The summed E-state index contributed by atoms with van der Waals surface area (Å²) in [5, 5.41) is 0. The molecule has 0 aliphatic rings. The van der Waals surface area contributed by atoms with Gasteiger partial charge in [0, 0.05) is 23.5 Å². The Bertz CT molecular complexity index is 629. The summed E-state index contributed by atoms with van der Waals surface area (Å²) in [6.45, 7) is 1.79. The molecule has 1 aromatic heterocycles. The Morgan fingerprint density at radius 1 is 1.24 bits per heavy atom. The van der Waals surface area contributed by atoms with Crippen LogP contribution in [-0.4, -0.2) is 10.5 Å². The highest BCUT2D eigenvalue weighted by Crippen LogP contribution is 2.12. The molecule has 0 fully saturated rings. The number of benzene rings is 1. The van der Waals surface area contributed by atoms with Gasteiger partial charge in [-0.05, 0) is 36.8 Å². The molecule has 0 saturated carbocycles. The van der Waals surface area contributed by atoms with E-state index in [0.717, 1.165) is 11.3 Å². The first-order chi connectivity index (χ1) is 8.09. The molecule has 0 spiro atoms. The van der Waals surface area contributed by atoms with Crippen molar-refractivity contribution in [2.45, 2.75) is 6.92 Å². The summed E-state index contributed by atoms with van der Waals surface area (Å²) in [5.41, 5.74) is 7.06. The minimum absolute atomic E-state index is 0.112. The summed E-state index contributed by atoms with van der Waals surface area (Å²) in [5.74, 6) is -0.463. The summed E-state index contributed by atoms with van der Waals surface area (Å²) >= 11 is 0. The Morgan fingerprint density at radius 2 is 2.00 bits per heavy atom. The molecule has 4 nitrogen and oxygen atoms in total. The summed E-state index contributed by atoms with van der Waals surface area (Å²) in [7, 11) is 0. The van der Waals surface area contributed by atoms with Gasteiger partial charge < -0.3 is 5.73 Å². The molecule has 0 radical (unpaired) electrons. The molecule has 4 heteroatoms. The van der Waals surface area contributed by atoms with Crippen LogP contribution < -0.4 is 11.3 Å². The summed E-state index contributed by atoms with van der Waals surface area (Å²) < 4.78 is 1.51. The summed E-state index contributed by atoms with van der Waals surface area (Å²) in [6, 6.07) is 10.0. The second kappa shape index (κ2) is 4.25. The monoisotopic (exact) mass is 228 g/mol. The summed E-state index contributed by atoms with van der Waals surface area (Å²) in [4.78, 5) is 22.7. The highest BCUT2D eigenvalue weighted by molar-refractivity contribution is 5.94. The number of hydrogen-bond donors (Lipinski definition) is 1. The molecule has 2 aromatic rings. The third-order valence-corrected chi connectivity index (χ3v) is 2.58. The van der Waals surface area contributed by atoms with Gasteiger partial charge >= 0.3 is 0 Å². The van der Waals surface area contributed by atoms with Crippen molar-refractivity contribution in [3.63, 3.8) is 0 Å². The van der Waals surface area contributed by atoms with Crippen molar-refractivity contribution in [2.24, 2.45) is 5.73 Å². The van der Waals surface area contributed by atoms with Gasteiger partial charge in [0.05, 0.1) is 0 Å². The van der Waals surface area contributed by atoms with Gasteiger partial charge in [0.15, 0.2) is 0 Å².